The van der Waals surface area contributed by atoms with Crippen molar-refractivity contribution in [2.75, 3.05) is 24.8 Å². The smallest absolute Gasteiger partial charge is 0.229 e. The Morgan fingerprint density at radius 3 is 3.11 bits per heavy atom. The molecule has 0 aliphatic carbocycles. The number of methoxy groups -OCH3 is 1. The van der Waals surface area contributed by atoms with Gasteiger partial charge in [-0.25, -0.2) is 0 Å². The van der Waals surface area contributed by atoms with E-state index in [9.17, 15) is 4.79 Å². The number of carbonyl (C=O) groups is 1. The van der Waals surface area contributed by atoms with Gasteiger partial charge in [0.15, 0.2) is 4.34 Å². The van der Waals surface area contributed by atoms with E-state index < -0.39 is 0 Å². The molecule has 0 saturated carbocycles. The third kappa shape index (κ3) is 5.16. The molecule has 0 bridgehead atoms. The van der Waals surface area contributed by atoms with Crippen LogP contribution in [-0.2, 0) is 9.53 Å². The van der Waals surface area contributed by atoms with E-state index in [1.54, 1.807) is 24.9 Å². The monoisotopic (exact) mass is 287 g/mol. The van der Waals surface area contributed by atoms with Gasteiger partial charge < -0.3 is 10.1 Å². The van der Waals surface area contributed by atoms with Crippen molar-refractivity contribution in [2.45, 2.75) is 17.7 Å². The molecule has 7 heteroatoms. The summed E-state index contributed by atoms with van der Waals surface area (Å²) < 4.78 is 5.77. The summed E-state index contributed by atoms with van der Waals surface area (Å²) in [5.41, 5.74) is 0. The molecule has 0 saturated heterocycles. The second kappa shape index (κ2) is 8.23. The third-order valence-electron chi connectivity index (χ3n) is 2.16. The Labute approximate surface area is 115 Å². The fourth-order valence-corrected chi connectivity index (χ4v) is 2.62. The molecule has 18 heavy (non-hydrogen) atoms. The second-order valence-corrected chi connectivity index (χ2v) is 5.89. The van der Waals surface area contributed by atoms with Crippen LogP contribution in [-0.4, -0.2) is 35.6 Å². The lowest BCUT2D eigenvalue weighted by Gasteiger charge is -2.08. The number of nitrogens with zero attached hydrogens (tertiary/aromatic N) is 2. The van der Waals surface area contributed by atoms with Gasteiger partial charge in [-0.05, 0) is 6.42 Å². The maximum atomic E-state index is 11.8. The molecule has 0 fully saturated rings. The van der Waals surface area contributed by atoms with Crippen molar-refractivity contribution < 1.29 is 9.53 Å². The number of ether oxygens (including phenoxy) is 1. The summed E-state index contributed by atoms with van der Waals surface area (Å²) in [6.07, 6.45) is 2.50. The highest BCUT2D eigenvalue weighted by Gasteiger charge is 2.14. The van der Waals surface area contributed by atoms with Gasteiger partial charge in [-0.1, -0.05) is 36.1 Å². The zero-order chi connectivity index (χ0) is 13.4. The van der Waals surface area contributed by atoms with Crippen molar-refractivity contribution in [1.29, 1.82) is 0 Å². The highest BCUT2D eigenvalue weighted by atomic mass is 32.2. The van der Waals surface area contributed by atoms with Gasteiger partial charge in [0, 0.05) is 25.4 Å². The predicted molar refractivity (Wildman–Crippen MR) is 75.1 cm³/mol. The summed E-state index contributed by atoms with van der Waals surface area (Å²) in [6, 6.07) is 0. The average molecular weight is 287 g/mol. The zero-order valence-corrected chi connectivity index (χ0v) is 12.1. The Bertz CT molecular complexity index is 395. The Balaban J connectivity index is 2.43. The van der Waals surface area contributed by atoms with Crippen molar-refractivity contribution in [3.63, 3.8) is 0 Å². The van der Waals surface area contributed by atoms with Crippen LogP contribution >= 0.6 is 23.1 Å². The summed E-state index contributed by atoms with van der Waals surface area (Å²) in [7, 11) is 1.62. The van der Waals surface area contributed by atoms with Gasteiger partial charge in [0.1, 0.15) is 0 Å². The summed E-state index contributed by atoms with van der Waals surface area (Å²) in [4.78, 5) is 11.8. The molecule has 0 aliphatic heterocycles. The predicted octanol–water partition coefficient (Wildman–Crippen LogP) is 2.43. The van der Waals surface area contributed by atoms with Crippen LogP contribution in [0.25, 0.3) is 0 Å². The molecular weight excluding hydrogens is 270 g/mol. The van der Waals surface area contributed by atoms with E-state index in [0.717, 1.165) is 10.1 Å². The quantitative estimate of drug-likeness (QED) is 0.452. The summed E-state index contributed by atoms with van der Waals surface area (Å²) >= 11 is 2.92. The number of nitrogens with one attached hydrogen (secondary N) is 1. The van der Waals surface area contributed by atoms with Crippen LogP contribution in [0.4, 0.5) is 5.13 Å². The first kappa shape index (κ1) is 15.1. The number of carbonyl (C=O) groups excluding carboxylic acids is 1. The summed E-state index contributed by atoms with van der Waals surface area (Å²) in [5.74, 6) is 0.633. The molecule has 1 unspecified atom stereocenters. The first-order chi connectivity index (χ1) is 8.67. The molecule has 100 valence electrons. The standard InChI is InChI=1S/C11H17N3O2S2/c1-4-7-17-11-14-13-10(18-11)12-9(15)8(2)5-6-16-3/h4,8H,1,5-7H2,2-3H3,(H,12,13,15). The lowest BCUT2D eigenvalue weighted by atomic mass is 10.1. The third-order valence-corrected chi connectivity index (χ3v) is 4.13. The fourth-order valence-electron chi connectivity index (χ4n) is 1.10. The first-order valence-electron chi connectivity index (χ1n) is 5.54. The van der Waals surface area contributed by atoms with E-state index in [0.29, 0.717) is 18.2 Å². The van der Waals surface area contributed by atoms with Gasteiger partial charge >= 0.3 is 0 Å². The largest absolute Gasteiger partial charge is 0.385 e. The van der Waals surface area contributed by atoms with E-state index in [2.05, 4.69) is 22.1 Å². The number of anilines is 1. The lowest BCUT2D eigenvalue weighted by Crippen LogP contribution is -2.21. The van der Waals surface area contributed by atoms with E-state index >= 15 is 0 Å². The van der Waals surface area contributed by atoms with Gasteiger partial charge in [0.25, 0.3) is 0 Å². The lowest BCUT2D eigenvalue weighted by molar-refractivity contribution is -0.119. The molecule has 1 aromatic heterocycles. The normalized spacial score (nSPS) is 12.1. The van der Waals surface area contributed by atoms with Gasteiger partial charge in [-0.2, -0.15) is 0 Å². The molecule has 1 heterocycles. The first-order valence-corrected chi connectivity index (χ1v) is 7.34. The molecule has 1 rings (SSSR count). The molecule has 1 aromatic rings. The number of rotatable bonds is 8. The Morgan fingerprint density at radius 2 is 2.44 bits per heavy atom. The van der Waals surface area contributed by atoms with E-state index in [1.807, 2.05) is 6.92 Å². The minimum atomic E-state index is -0.0990. The van der Waals surface area contributed by atoms with Crippen molar-refractivity contribution in [3.05, 3.63) is 12.7 Å². The Morgan fingerprint density at radius 1 is 1.67 bits per heavy atom. The maximum absolute atomic E-state index is 11.8. The average Bonchev–Trinajstić information content (AvgIpc) is 2.80. The SMILES string of the molecule is C=CCSc1nnc(NC(=O)C(C)CCOC)s1. The number of hydrogen-bond donors (Lipinski definition) is 1. The molecule has 0 aromatic carbocycles. The fraction of sp³-hybridized carbons (Fsp3) is 0.545. The van der Waals surface area contributed by atoms with Gasteiger partial charge in [-0.3, -0.25) is 4.79 Å². The Kier molecular flexibility index (Phi) is 6.92. The van der Waals surface area contributed by atoms with Crippen LogP contribution in [0, 0.1) is 5.92 Å². The van der Waals surface area contributed by atoms with Gasteiger partial charge in [0.2, 0.25) is 11.0 Å². The molecule has 1 atom stereocenters. The van der Waals surface area contributed by atoms with Crippen LogP contribution in [0.15, 0.2) is 17.0 Å². The van der Waals surface area contributed by atoms with Crippen LogP contribution in [0.2, 0.25) is 0 Å². The minimum Gasteiger partial charge on any atom is -0.385 e. The number of thioether (sulfide) groups is 1. The van der Waals surface area contributed by atoms with E-state index in [-0.39, 0.29) is 11.8 Å². The molecule has 0 spiro atoms. The van der Waals surface area contributed by atoms with Crippen LogP contribution in [0.5, 0.6) is 0 Å². The number of amides is 1. The topological polar surface area (TPSA) is 64.1 Å². The van der Waals surface area contributed by atoms with Crippen LogP contribution in [0.3, 0.4) is 0 Å². The molecular formula is C11H17N3O2S2. The van der Waals surface area contributed by atoms with Crippen LogP contribution < -0.4 is 5.32 Å². The van der Waals surface area contributed by atoms with Crippen molar-refractivity contribution in [1.82, 2.24) is 10.2 Å². The van der Waals surface area contributed by atoms with E-state index in [1.165, 1.54) is 11.3 Å². The minimum absolute atomic E-state index is 0.0523. The summed E-state index contributed by atoms with van der Waals surface area (Å²) in [5, 5.41) is 11.2. The Hall–Kier alpha value is -0.920. The van der Waals surface area contributed by atoms with E-state index in [4.69, 9.17) is 4.74 Å². The maximum Gasteiger partial charge on any atom is 0.229 e. The highest BCUT2D eigenvalue weighted by Crippen LogP contribution is 2.25. The molecule has 1 amide bonds. The van der Waals surface area contributed by atoms with Gasteiger partial charge in [-0.15, -0.1) is 16.8 Å². The number of hydrogen-bond acceptors (Lipinski definition) is 6. The highest BCUT2D eigenvalue weighted by molar-refractivity contribution is 8.01. The molecule has 5 nitrogen and oxygen atoms in total. The number of aromatic nitrogens is 2. The summed E-state index contributed by atoms with van der Waals surface area (Å²) in [6.45, 7) is 6.08. The molecule has 0 radical (unpaired) electrons. The molecule has 0 aliphatic rings. The van der Waals surface area contributed by atoms with Crippen molar-refractivity contribution >= 4 is 34.1 Å². The van der Waals surface area contributed by atoms with Gasteiger partial charge in [0.05, 0.1) is 0 Å². The van der Waals surface area contributed by atoms with Crippen molar-refractivity contribution in [2.24, 2.45) is 5.92 Å². The van der Waals surface area contributed by atoms with Crippen LogP contribution in [0.1, 0.15) is 13.3 Å². The zero-order valence-electron chi connectivity index (χ0n) is 10.5. The second-order valence-electron chi connectivity index (χ2n) is 3.64. The molecule has 1 N–H and O–H groups in total. The van der Waals surface area contributed by atoms with Crippen molar-refractivity contribution in [3.8, 4) is 0 Å².